The van der Waals surface area contributed by atoms with Crippen LogP contribution in [0.2, 0.25) is 0 Å². The van der Waals surface area contributed by atoms with Crippen molar-refractivity contribution in [1.82, 2.24) is 0 Å². The van der Waals surface area contributed by atoms with Crippen LogP contribution < -0.4 is 9.64 Å². The van der Waals surface area contributed by atoms with Crippen molar-refractivity contribution < 1.29 is 14.9 Å². The molecule has 2 aromatic carbocycles. The van der Waals surface area contributed by atoms with E-state index in [0.29, 0.717) is 18.9 Å². The molecule has 0 spiro atoms. The molecule has 4 nitrogen and oxygen atoms in total. The minimum absolute atomic E-state index is 0.00955. The summed E-state index contributed by atoms with van der Waals surface area (Å²) in [6, 6.07) is 15.3. The van der Waals surface area contributed by atoms with E-state index in [1.807, 2.05) is 13.0 Å². The number of fused-ring (bicyclic) bond motifs is 3. The number of anilines is 1. The number of hydrogen-bond acceptors (Lipinski definition) is 4. The molecule has 0 bridgehead atoms. The summed E-state index contributed by atoms with van der Waals surface area (Å²) in [7, 11) is 4.13. The fraction of sp³-hybridized carbons (Fsp3) is 0.500. The predicted octanol–water partition coefficient (Wildman–Crippen LogP) is 4.10. The predicted molar refractivity (Wildman–Crippen MR) is 129 cm³/mol. The molecule has 2 N–H and O–H groups in total. The molecule has 0 unspecified atom stereocenters. The monoisotopic (exact) mass is 433 g/mol. The van der Waals surface area contributed by atoms with Gasteiger partial charge >= 0.3 is 0 Å². The Morgan fingerprint density at radius 3 is 2.59 bits per heavy atom. The molecule has 0 radical (unpaired) electrons. The van der Waals surface area contributed by atoms with Crippen LogP contribution in [0.4, 0.5) is 5.69 Å². The van der Waals surface area contributed by atoms with Crippen LogP contribution in [0, 0.1) is 17.8 Å². The molecule has 0 aliphatic heterocycles. The number of rotatable bonds is 6. The van der Waals surface area contributed by atoms with Crippen LogP contribution in [0.5, 0.6) is 5.75 Å². The van der Waals surface area contributed by atoms with Gasteiger partial charge < -0.3 is 19.8 Å². The largest absolute Gasteiger partial charge is 0.491 e. The third-order valence-corrected chi connectivity index (χ3v) is 7.42. The number of aliphatic hydroxyl groups is 2. The van der Waals surface area contributed by atoms with Crippen LogP contribution in [-0.2, 0) is 18.3 Å². The number of aryl methyl sites for hydroxylation is 1. The summed E-state index contributed by atoms with van der Waals surface area (Å²) in [5.74, 6) is 7.27. The highest BCUT2D eigenvalue weighted by atomic mass is 16.5. The summed E-state index contributed by atoms with van der Waals surface area (Å²) in [5, 5.41) is 20.3. The molecule has 0 saturated heterocycles. The zero-order valence-corrected chi connectivity index (χ0v) is 19.5. The van der Waals surface area contributed by atoms with E-state index in [0.717, 1.165) is 37.9 Å². The lowest BCUT2D eigenvalue weighted by molar-refractivity contribution is -0.00805. The van der Waals surface area contributed by atoms with Crippen LogP contribution in [0.15, 0.2) is 42.5 Å². The van der Waals surface area contributed by atoms with E-state index in [2.05, 4.69) is 67.2 Å². The van der Waals surface area contributed by atoms with Gasteiger partial charge in [-0.1, -0.05) is 24.1 Å². The van der Waals surface area contributed by atoms with Crippen molar-refractivity contribution in [3.8, 4) is 17.6 Å². The summed E-state index contributed by atoms with van der Waals surface area (Å²) in [5.41, 5.74) is 4.39. The number of benzene rings is 2. The van der Waals surface area contributed by atoms with Crippen LogP contribution in [-0.4, -0.2) is 43.1 Å². The number of nitrogens with zero attached hydrogens (tertiary/aromatic N) is 1. The first-order valence-electron chi connectivity index (χ1n) is 11.7. The van der Waals surface area contributed by atoms with Crippen molar-refractivity contribution in [2.45, 2.75) is 56.5 Å². The Balaban J connectivity index is 1.72. The van der Waals surface area contributed by atoms with Gasteiger partial charge in [-0.2, -0.15) is 0 Å². The van der Waals surface area contributed by atoms with Gasteiger partial charge in [-0.25, -0.2) is 0 Å². The Labute approximate surface area is 192 Å². The van der Waals surface area contributed by atoms with Crippen LogP contribution in [0.25, 0.3) is 0 Å². The summed E-state index contributed by atoms with van der Waals surface area (Å²) in [6.07, 6.45) is 5.33. The van der Waals surface area contributed by atoms with Crippen molar-refractivity contribution in [2.75, 3.05) is 32.2 Å². The maximum Gasteiger partial charge on any atom is 0.125 e. The maximum atomic E-state index is 11.2. The minimum atomic E-state index is -0.876. The second kappa shape index (κ2) is 9.17. The Kier molecular flexibility index (Phi) is 6.51. The van der Waals surface area contributed by atoms with Crippen molar-refractivity contribution in [2.24, 2.45) is 5.92 Å². The second-order valence-electron chi connectivity index (χ2n) is 9.63. The fourth-order valence-electron chi connectivity index (χ4n) is 5.87. The highest BCUT2D eigenvalue weighted by Gasteiger charge is 2.51. The molecular weight excluding hydrogens is 398 g/mol. The standard InChI is InChI=1S/C28H35NO3/c1-4-13-27(31)14-15-28(19-21-5-9-24(10-6-21)29(2)3)23(20-27)8-7-22-18-25(32-17-16-30)11-12-26(22)28/h5-6,9-12,18,23,30-31H,7-8,14-17,19-20H2,1-3H3/t23-,27-,28+/m1/s1. The fourth-order valence-corrected chi connectivity index (χ4v) is 5.87. The molecule has 1 fully saturated rings. The van der Waals surface area contributed by atoms with Gasteiger partial charge in [0.2, 0.25) is 0 Å². The normalized spacial score (nSPS) is 26.3. The van der Waals surface area contributed by atoms with Crippen molar-refractivity contribution >= 4 is 5.69 Å². The topological polar surface area (TPSA) is 52.9 Å². The van der Waals surface area contributed by atoms with E-state index >= 15 is 0 Å². The SMILES string of the molecule is CC#C[C@@]1(O)CC[C@@]2(Cc3ccc(N(C)C)cc3)c3ccc(OCCO)cc3CC[C@@H]2C1. The quantitative estimate of drug-likeness (QED) is 0.674. The van der Waals surface area contributed by atoms with Crippen LogP contribution in [0.3, 0.4) is 0 Å². The molecule has 4 heteroatoms. The van der Waals surface area contributed by atoms with Crippen molar-refractivity contribution in [1.29, 1.82) is 0 Å². The Hall–Kier alpha value is -2.48. The van der Waals surface area contributed by atoms with E-state index in [1.54, 1.807) is 0 Å². The van der Waals surface area contributed by atoms with Gasteiger partial charge in [-0.15, -0.1) is 5.92 Å². The zero-order chi connectivity index (χ0) is 22.8. The molecule has 0 aromatic heterocycles. The lowest BCUT2D eigenvalue weighted by Crippen LogP contribution is -2.50. The highest BCUT2D eigenvalue weighted by Crippen LogP contribution is 2.54. The van der Waals surface area contributed by atoms with E-state index in [4.69, 9.17) is 9.84 Å². The smallest absolute Gasteiger partial charge is 0.125 e. The third kappa shape index (κ3) is 4.37. The number of ether oxygens (including phenoxy) is 1. The molecule has 0 heterocycles. The molecule has 2 aliphatic carbocycles. The average molecular weight is 434 g/mol. The Morgan fingerprint density at radius 2 is 1.91 bits per heavy atom. The maximum absolute atomic E-state index is 11.2. The third-order valence-electron chi connectivity index (χ3n) is 7.42. The molecular formula is C28H35NO3. The molecule has 3 atom stereocenters. The van der Waals surface area contributed by atoms with Gasteiger partial charge in [-0.3, -0.25) is 0 Å². The van der Waals surface area contributed by atoms with Crippen molar-refractivity contribution in [3.63, 3.8) is 0 Å². The summed E-state index contributed by atoms with van der Waals surface area (Å²) >= 11 is 0. The first-order valence-corrected chi connectivity index (χ1v) is 11.7. The number of hydrogen-bond donors (Lipinski definition) is 2. The Morgan fingerprint density at radius 1 is 1.12 bits per heavy atom. The van der Waals surface area contributed by atoms with Gasteiger partial charge in [0.1, 0.15) is 18.0 Å². The van der Waals surface area contributed by atoms with E-state index in [9.17, 15) is 5.11 Å². The average Bonchev–Trinajstić information content (AvgIpc) is 2.78. The molecule has 2 aromatic rings. The van der Waals surface area contributed by atoms with Crippen LogP contribution in [0.1, 0.15) is 49.3 Å². The lowest BCUT2D eigenvalue weighted by Gasteiger charge is -2.52. The molecule has 4 rings (SSSR count). The lowest BCUT2D eigenvalue weighted by atomic mass is 9.52. The first kappa shape index (κ1) is 22.7. The van der Waals surface area contributed by atoms with Gasteiger partial charge in [-0.05, 0) is 92.3 Å². The summed E-state index contributed by atoms with van der Waals surface area (Å²) in [4.78, 5) is 2.12. The van der Waals surface area contributed by atoms with Crippen LogP contribution >= 0.6 is 0 Å². The van der Waals surface area contributed by atoms with Gasteiger partial charge in [0.25, 0.3) is 0 Å². The van der Waals surface area contributed by atoms with E-state index in [1.165, 1.54) is 22.4 Å². The van der Waals surface area contributed by atoms with Gasteiger partial charge in [0, 0.05) is 25.2 Å². The van der Waals surface area contributed by atoms with E-state index < -0.39 is 5.60 Å². The van der Waals surface area contributed by atoms with Gasteiger partial charge in [0.05, 0.1) is 6.61 Å². The van der Waals surface area contributed by atoms with E-state index in [-0.39, 0.29) is 12.0 Å². The summed E-state index contributed by atoms with van der Waals surface area (Å²) < 4.78 is 5.70. The first-order chi connectivity index (χ1) is 15.4. The second-order valence-corrected chi connectivity index (χ2v) is 9.63. The molecule has 170 valence electrons. The van der Waals surface area contributed by atoms with Crippen molar-refractivity contribution in [3.05, 3.63) is 59.2 Å². The molecule has 2 aliphatic rings. The Bertz CT molecular complexity index is 1000. The summed E-state index contributed by atoms with van der Waals surface area (Å²) in [6.45, 7) is 2.15. The van der Waals surface area contributed by atoms with Gasteiger partial charge in [0.15, 0.2) is 0 Å². The molecule has 1 saturated carbocycles. The minimum Gasteiger partial charge on any atom is -0.491 e. The highest BCUT2D eigenvalue weighted by molar-refractivity contribution is 5.48. The molecule has 0 amide bonds. The number of aliphatic hydroxyl groups excluding tert-OH is 1. The zero-order valence-electron chi connectivity index (χ0n) is 19.5. The molecule has 32 heavy (non-hydrogen) atoms.